The molecule has 3 nitrogen and oxygen atoms in total. The average Bonchev–Trinajstić information content (AvgIpc) is 2.43. The Kier molecular flexibility index (Phi) is 4.36. The van der Waals surface area contributed by atoms with Crippen LogP contribution in [0.5, 0.6) is 5.75 Å². The number of methoxy groups -OCH3 is 1. The van der Waals surface area contributed by atoms with Crippen LogP contribution in [-0.2, 0) is 6.42 Å². The highest BCUT2D eigenvalue weighted by atomic mass is 19.1. The molecule has 4 heteroatoms. The highest BCUT2D eigenvalue weighted by Gasteiger charge is 2.08. The molecule has 0 aliphatic carbocycles. The molecule has 2 aromatic carbocycles. The minimum absolute atomic E-state index is 0.238. The van der Waals surface area contributed by atoms with Crippen molar-refractivity contribution >= 4 is 11.4 Å². The molecule has 0 amide bonds. The van der Waals surface area contributed by atoms with Crippen LogP contribution in [0.15, 0.2) is 42.5 Å². The van der Waals surface area contributed by atoms with Crippen molar-refractivity contribution in [3.8, 4) is 5.75 Å². The van der Waals surface area contributed by atoms with Crippen molar-refractivity contribution in [2.45, 2.75) is 6.42 Å². The van der Waals surface area contributed by atoms with Gasteiger partial charge in [-0.25, -0.2) is 4.39 Å². The van der Waals surface area contributed by atoms with Crippen molar-refractivity contribution in [2.24, 2.45) is 5.73 Å². The van der Waals surface area contributed by atoms with E-state index in [9.17, 15) is 4.39 Å². The van der Waals surface area contributed by atoms with Gasteiger partial charge in [0.15, 0.2) is 0 Å². The molecular weight excluding hydrogens is 243 g/mol. The first-order valence-corrected chi connectivity index (χ1v) is 6.13. The molecule has 0 bridgehead atoms. The van der Waals surface area contributed by atoms with Gasteiger partial charge in [0.2, 0.25) is 0 Å². The van der Waals surface area contributed by atoms with Crippen molar-refractivity contribution in [2.75, 3.05) is 19.0 Å². The number of nitrogens with one attached hydrogen (secondary N) is 1. The molecule has 0 saturated carbocycles. The molecule has 3 N–H and O–H groups in total. The van der Waals surface area contributed by atoms with E-state index in [-0.39, 0.29) is 5.82 Å². The number of hydrogen-bond acceptors (Lipinski definition) is 3. The Morgan fingerprint density at radius 2 is 2.00 bits per heavy atom. The molecule has 0 aliphatic rings. The Morgan fingerprint density at radius 1 is 1.21 bits per heavy atom. The predicted molar refractivity (Wildman–Crippen MR) is 75.4 cm³/mol. The van der Waals surface area contributed by atoms with Gasteiger partial charge in [-0.15, -0.1) is 0 Å². The molecule has 0 saturated heterocycles. The Balaban J connectivity index is 2.29. The molecule has 0 heterocycles. The Labute approximate surface area is 112 Å². The minimum atomic E-state index is -0.238. The van der Waals surface area contributed by atoms with Crippen molar-refractivity contribution in [1.82, 2.24) is 0 Å². The third kappa shape index (κ3) is 3.23. The van der Waals surface area contributed by atoms with Gasteiger partial charge in [0, 0.05) is 23.0 Å². The first-order chi connectivity index (χ1) is 9.24. The molecular formula is C15H17FN2O. The molecule has 0 radical (unpaired) electrons. The fraction of sp³-hybridized carbons (Fsp3) is 0.200. The van der Waals surface area contributed by atoms with Gasteiger partial charge in [-0.3, -0.25) is 0 Å². The highest BCUT2D eigenvalue weighted by molar-refractivity contribution is 5.64. The number of hydrogen-bond donors (Lipinski definition) is 2. The monoisotopic (exact) mass is 260 g/mol. The number of benzene rings is 2. The lowest BCUT2D eigenvalue weighted by molar-refractivity contribution is 0.415. The fourth-order valence-electron chi connectivity index (χ4n) is 1.93. The van der Waals surface area contributed by atoms with Crippen LogP contribution in [0.1, 0.15) is 5.56 Å². The van der Waals surface area contributed by atoms with E-state index < -0.39 is 0 Å². The Morgan fingerprint density at radius 3 is 2.74 bits per heavy atom. The number of nitrogens with two attached hydrogens (primary N) is 1. The van der Waals surface area contributed by atoms with Gasteiger partial charge < -0.3 is 15.8 Å². The molecule has 19 heavy (non-hydrogen) atoms. The zero-order valence-corrected chi connectivity index (χ0v) is 10.8. The SMILES string of the molecule is COc1cccc(Nc2cccc(F)c2CCN)c1. The molecule has 0 atom stereocenters. The van der Waals surface area contributed by atoms with Gasteiger partial charge >= 0.3 is 0 Å². The van der Waals surface area contributed by atoms with Crippen LogP contribution in [0, 0.1) is 5.82 Å². The molecule has 0 fully saturated rings. The minimum Gasteiger partial charge on any atom is -0.497 e. The van der Waals surface area contributed by atoms with Gasteiger partial charge in [-0.1, -0.05) is 12.1 Å². The van der Waals surface area contributed by atoms with E-state index in [1.165, 1.54) is 6.07 Å². The Hall–Kier alpha value is -2.07. The second-order valence-electron chi connectivity index (χ2n) is 4.16. The lowest BCUT2D eigenvalue weighted by atomic mass is 10.1. The summed E-state index contributed by atoms with van der Waals surface area (Å²) in [6, 6.07) is 12.5. The van der Waals surface area contributed by atoms with Crippen LogP contribution in [-0.4, -0.2) is 13.7 Å². The second kappa shape index (κ2) is 6.20. The summed E-state index contributed by atoms with van der Waals surface area (Å²) in [4.78, 5) is 0. The first kappa shape index (κ1) is 13.4. The topological polar surface area (TPSA) is 47.3 Å². The van der Waals surface area contributed by atoms with Crippen molar-refractivity contribution in [3.05, 3.63) is 53.8 Å². The van der Waals surface area contributed by atoms with Gasteiger partial charge in [0.05, 0.1) is 7.11 Å². The van der Waals surface area contributed by atoms with E-state index in [1.807, 2.05) is 30.3 Å². The van der Waals surface area contributed by atoms with E-state index >= 15 is 0 Å². The highest BCUT2D eigenvalue weighted by Crippen LogP contribution is 2.25. The molecule has 2 rings (SSSR count). The summed E-state index contributed by atoms with van der Waals surface area (Å²) in [5, 5.41) is 3.20. The third-order valence-corrected chi connectivity index (χ3v) is 2.86. The molecule has 0 spiro atoms. The zero-order valence-electron chi connectivity index (χ0n) is 10.8. The third-order valence-electron chi connectivity index (χ3n) is 2.86. The van der Waals surface area contributed by atoms with Gasteiger partial charge in [-0.2, -0.15) is 0 Å². The summed E-state index contributed by atoms with van der Waals surface area (Å²) in [6.07, 6.45) is 0.499. The van der Waals surface area contributed by atoms with E-state index in [0.717, 1.165) is 17.1 Å². The Bertz CT molecular complexity index is 558. The van der Waals surface area contributed by atoms with Crippen molar-refractivity contribution in [3.63, 3.8) is 0 Å². The maximum absolute atomic E-state index is 13.8. The molecule has 0 aromatic heterocycles. The van der Waals surface area contributed by atoms with Crippen LogP contribution in [0.4, 0.5) is 15.8 Å². The standard InChI is InChI=1S/C15H17FN2O/c1-19-12-5-2-4-11(10-12)18-15-7-3-6-14(16)13(15)8-9-17/h2-7,10,18H,8-9,17H2,1H3. The molecule has 0 aliphatic heterocycles. The summed E-state index contributed by atoms with van der Waals surface area (Å²) in [5.41, 5.74) is 7.71. The number of ether oxygens (including phenoxy) is 1. The molecule has 100 valence electrons. The van der Waals surface area contributed by atoms with E-state index in [2.05, 4.69) is 5.32 Å². The predicted octanol–water partition coefficient (Wildman–Crippen LogP) is 3.08. The number of anilines is 2. The number of rotatable bonds is 5. The van der Waals surface area contributed by atoms with Crippen LogP contribution in [0.3, 0.4) is 0 Å². The summed E-state index contributed by atoms with van der Waals surface area (Å²) < 4.78 is 18.9. The van der Waals surface area contributed by atoms with Crippen molar-refractivity contribution < 1.29 is 9.13 Å². The summed E-state index contributed by atoms with van der Waals surface area (Å²) in [7, 11) is 1.61. The molecule has 2 aromatic rings. The van der Waals surface area contributed by atoms with Crippen LogP contribution >= 0.6 is 0 Å². The molecule has 0 unspecified atom stereocenters. The first-order valence-electron chi connectivity index (χ1n) is 6.13. The summed E-state index contributed by atoms with van der Waals surface area (Å²) in [6.45, 7) is 0.410. The van der Waals surface area contributed by atoms with Gasteiger partial charge in [0.1, 0.15) is 11.6 Å². The smallest absolute Gasteiger partial charge is 0.128 e. The number of halogens is 1. The van der Waals surface area contributed by atoms with E-state index in [4.69, 9.17) is 10.5 Å². The maximum atomic E-state index is 13.8. The van der Waals surface area contributed by atoms with Gasteiger partial charge in [-0.05, 0) is 37.2 Å². The zero-order chi connectivity index (χ0) is 13.7. The van der Waals surface area contributed by atoms with E-state index in [0.29, 0.717) is 18.5 Å². The van der Waals surface area contributed by atoms with Crippen LogP contribution < -0.4 is 15.8 Å². The summed E-state index contributed by atoms with van der Waals surface area (Å²) in [5.74, 6) is 0.514. The van der Waals surface area contributed by atoms with Crippen molar-refractivity contribution in [1.29, 1.82) is 0 Å². The average molecular weight is 260 g/mol. The lowest BCUT2D eigenvalue weighted by Gasteiger charge is -2.13. The largest absolute Gasteiger partial charge is 0.497 e. The normalized spacial score (nSPS) is 10.3. The van der Waals surface area contributed by atoms with Gasteiger partial charge in [0.25, 0.3) is 0 Å². The maximum Gasteiger partial charge on any atom is 0.128 e. The lowest BCUT2D eigenvalue weighted by Crippen LogP contribution is -2.07. The second-order valence-corrected chi connectivity index (χ2v) is 4.16. The fourth-order valence-corrected chi connectivity index (χ4v) is 1.93. The summed E-state index contributed by atoms with van der Waals surface area (Å²) >= 11 is 0. The van der Waals surface area contributed by atoms with Crippen LogP contribution in [0.2, 0.25) is 0 Å². The van der Waals surface area contributed by atoms with Crippen LogP contribution in [0.25, 0.3) is 0 Å². The quantitative estimate of drug-likeness (QED) is 0.868. The van der Waals surface area contributed by atoms with E-state index in [1.54, 1.807) is 13.2 Å².